The molecule has 0 fully saturated rings. The monoisotopic (exact) mass is 347 g/mol. The Balaban J connectivity index is 1.65. The van der Waals surface area contributed by atoms with Crippen LogP contribution in [0.3, 0.4) is 0 Å². The number of carbonyl (C=O) groups is 2. The van der Waals surface area contributed by atoms with Gasteiger partial charge >= 0.3 is 0 Å². The molecular formula is C17H21N3O3S. The summed E-state index contributed by atoms with van der Waals surface area (Å²) in [6.07, 6.45) is 3.31. The molecular weight excluding hydrogens is 326 g/mol. The first-order valence-electron chi connectivity index (χ1n) is 7.85. The fourth-order valence-electron chi connectivity index (χ4n) is 2.16. The van der Waals surface area contributed by atoms with E-state index in [2.05, 4.69) is 10.6 Å². The Hall–Kier alpha value is -2.41. The predicted octanol–water partition coefficient (Wildman–Crippen LogP) is 1.62. The third-order valence-corrected chi connectivity index (χ3v) is 4.38. The van der Waals surface area contributed by atoms with Crippen molar-refractivity contribution in [2.75, 3.05) is 6.54 Å². The van der Waals surface area contributed by atoms with E-state index < -0.39 is 6.04 Å². The van der Waals surface area contributed by atoms with Crippen LogP contribution in [0.1, 0.15) is 29.4 Å². The summed E-state index contributed by atoms with van der Waals surface area (Å²) in [6.45, 7) is 2.80. The van der Waals surface area contributed by atoms with Crippen molar-refractivity contribution in [1.82, 2.24) is 15.2 Å². The maximum Gasteiger partial charge on any atom is 0.261 e. The molecule has 2 amide bonds. The van der Waals surface area contributed by atoms with E-state index in [-0.39, 0.29) is 17.4 Å². The van der Waals surface area contributed by atoms with Crippen molar-refractivity contribution in [2.24, 2.45) is 0 Å². The van der Waals surface area contributed by atoms with Gasteiger partial charge in [-0.25, -0.2) is 0 Å². The molecule has 0 radical (unpaired) electrons. The number of hydrogen-bond donors (Lipinski definition) is 2. The number of hydrogen-bond acceptors (Lipinski definition) is 4. The van der Waals surface area contributed by atoms with E-state index in [1.54, 1.807) is 35.9 Å². The van der Waals surface area contributed by atoms with Crippen molar-refractivity contribution in [3.8, 4) is 0 Å². The van der Waals surface area contributed by atoms with Gasteiger partial charge in [0.1, 0.15) is 6.04 Å². The van der Waals surface area contributed by atoms with Crippen LogP contribution in [0.15, 0.2) is 46.7 Å². The lowest BCUT2D eigenvalue weighted by molar-refractivity contribution is -0.122. The molecule has 128 valence electrons. The quantitative estimate of drug-likeness (QED) is 0.712. The summed E-state index contributed by atoms with van der Waals surface area (Å²) in [4.78, 5) is 36.0. The van der Waals surface area contributed by atoms with Crippen LogP contribution in [0.5, 0.6) is 0 Å². The molecule has 0 aromatic carbocycles. The lowest BCUT2D eigenvalue weighted by Gasteiger charge is -2.13. The highest BCUT2D eigenvalue weighted by molar-refractivity contribution is 7.12. The number of aromatic nitrogens is 1. The molecule has 7 heteroatoms. The van der Waals surface area contributed by atoms with Crippen LogP contribution in [0.25, 0.3) is 0 Å². The van der Waals surface area contributed by atoms with E-state index in [1.807, 2.05) is 11.4 Å². The van der Waals surface area contributed by atoms with Gasteiger partial charge in [-0.15, -0.1) is 11.3 Å². The van der Waals surface area contributed by atoms with Gasteiger partial charge in [0.2, 0.25) is 11.5 Å². The van der Waals surface area contributed by atoms with Crippen LogP contribution in [-0.2, 0) is 11.3 Å². The molecule has 2 heterocycles. The zero-order valence-corrected chi connectivity index (χ0v) is 14.3. The Kier molecular flexibility index (Phi) is 6.74. The first-order chi connectivity index (χ1) is 11.6. The minimum atomic E-state index is -0.587. The highest BCUT2D eigenvalue weighted by atomic mass is 32.1. The van der Waals surface area contributed by atoms with E-state index in [0.29, 0.717) is 18.0 Å². The van der Waals surface area contributed by atoms with Crippen LogP contribution in [0.2, 0.25) is 0 Å². The van der Waals surface area contributed by atoms with E-state index in [1.165, 1.54) is 17.4 Å². The third-order valence-electron chi connectivity index (χ3n) is 3.51. The molecule has 0 aliphatic carbocycles. The Labute approximate surface area is 144 Å². The van der Waals surface area contributed by atoms with Crippen LogP contribution < -0.4 is 16.2 Å². The molecule has 2 aromatic heterocycles. The molecule has 24 heavy (non-hydrogen) atoms. The Morgan fingerprint density at radius 1 is 1.21 bits per heavy atom. The predicted molar refractivity (Wildman–Crippen MR) is 94.2 cm³/mol. The summed E-state index contributed by atoms with van der Waals surface area (Å²) in [6, 6.07) is 7.99. The number of nitrogens with zero attached hydrogens (tertiary/aromatic N) is 1. The molecule has 2 rings (SSSR count). The van der Waals surface area contributed by atoms with Gasteiger partial charge in [-0.2, -0.15) is 0 Å². The number of nitrogens with one attached hydrogen (secondary N) is 2. The third kappa shape index (κ3) is 5.34. The van der Waals surface area contributed by atoms with Crippen molar-refractivity contribution in [1.29, 1.82) is 0 Å². The molecule has 0 unspecified atom stereocenters. The van der Waals surface area contributed by atoms with E-state index in [0.717, 1.165) is 12.8 Å². The van der Waals surface area contributed by atoms with Gasteiger partial charge in [-0.05, 0) is 37.3 Å². The van der Waals surface area contributed by atoms with Crippen LogP contribution >= 0.6 is 11.3 Å². The number of pyridine rings is 1. The molecule has 0 saturated carbocycles. The summed E-state index contributed by atoms with van der Waals surface area (Å²) in [5, 5.41) is 7.28. The Morgan fingerprint density at radius 2 is 2.04 bits per heavy atom. The van der Waals surface area contributed by atoms with Gasteiger partial charge in [-0.1, -0.05) is 12.1 Å². The summed E-state index contributed by atoms with van der Waals surface area (Å²) >= 11 is 1.34. The molecule has 1 atom stereocenters. The van der Waals surface area contributed by atoms with Crippen molar-refractivity contribution in [3.05, 3.63) is 57.1 Å². The largest absolute Gasteiger partial charge is 0.354 e. The number of thiophene rings is 1. The molecule has 0 aliphatic rings. The number of aryl methyl sites for hydroxylation is 1. The van der Waals surface area contributed by atoms with Crippen molar-refractivity contribution in [3.63, 3.8) is 0 Å². The zero-order valence-electron chi connectivity index (χ0n) is 13.5. The molecule has 0 spiro atoms. The molecule has 0 saturated heterocycles. The number of carbonyl (C=O) groups excluding carboxylic acids is 2. The van der Waals surface area contributed by atoms with Gasteiger partial charge in [0, 0.05) is 25.4 Å². The molecule has 2 aromatic rings. The normalized spacial score (nSPS) is 11.7. The van der Waals surface area contributed by atoms with Gasteiger partial charge in [0.25, 0.3) is 5.91 Å². The van der Waals surface area contributed by atoms with Crippen LogP contribution in [0, 0.1) is 0 Å². The lowest BCUT2D eigenvalue weighted by atomic mass is 10.2. The van der Waals surface area contributed by atoms with Crippen LogP contribution in [-0.4, -0.2) is 29.0 Å². The van der Waals surface area contributed by atoms with E-state index in [4.69, 9.17) is 0 Å². The second-order valence-electron chi connectivity index (χ2n) is 5.40. The SMILES string of the molecule is C[C@H](NC(=O)c1cccs1)C(=O)NCCCCn1ccccc1=O. The summed E-state index contributed by atoms with van der Waals surface area (Å²) in [5.41, 5.74) is -0.0218. The average Bonchev–Trinajstić information content (AvgIpc) is 3.10. The second-order valence-corrected chi connectivity index (χ2v) is 6.35. The Bertz CT molecular complexity index is 725. The van der Waals surface area contributed by atoms with Gasteiger partial charge in [0.15, 0.2) is 0 Å². The van der Waals surface area contributed by atoms with Gasteiger partial charge < -0.3 is 15.2 Å². The topological polar surface area (TPSA) is 80.2 Å². The first kappa shape index (κ1) is 17.9. The first-order valence-corrected chi connectivity index (χ1v) is 8.73. The van der Waals surface area contributed by atoms with E-state index in [9.17, 15) is 14.4 Å². The molecule has 6 nitrogen and oxygen atoms in total. The smallest absolute Gasteiger partial charge is 0.261 e. The molecule has 2 N–H and O–H groups in total. The Morgan fingerprint density at radius 3 is 2.75 bits per heavy atom. The molecule has 0 aliphatic heterocycles. The number of unbranched alkanes of at least 4 members (excludes halogenated alkanes) is 1. The van der Waals surface area contributed by atoms with Crippen molar-refractivity contribution < 1.29 is 9.59 Å². The number of rotatable bonds is 8. The van der Waals surface area contributed by atoms with E-state index >= 15 is 0 Å². The summed E-state index contributed by atoms with van der Waals surface area (Å²) < 4.78 is 1.64. The standard InChI is InChI=1S/C17H21N3O3S/c1-13(19-17(23)14-7-6-12-24-14)16(22)18-9-3-5-11-20-10-4-2-8-15(20)21/h2,4,6-8,10,12-13H,3,5,9,11H2,1H3,(H,18,22)(H,19,23)/t13-/m0/s1. The van der Waals surface area contributed by atoms with Crippen molar-refractivity contribution in [2.45, 2.75) is 32.4 Å². The maximum absolute atomic E-state index is 12.0. The maximum atomic E-state index is 12.0. The highest BCUT2D eigenvalue weighted by Gasteiger charge is 2.16. The van der Waals surface area contributed by atoms with Gasteiger partial charge in [0.05, 0.1) is 4.88 Å². The molecule has 0 bridgehead atoms. The highest BCUT2D eigenvalue weighted by Crippen LogP contribution is 2.08. The fourth-order valence-corrected chi connectivity index (χ4v) is 2.79. The van der Waals surface area contributed by atoms with Gasteiger partial charge in [-0.3, -0.25) is 14.4 Å². The minimum absolute atomic E-state index is 0.0218. The second kappa shape index (κ2) is 9.02. The minimum Gasteiger partial charge on any atom is -0.354 e. The number of amides is 2. The summed E-state index contributed by atoms with van der Waals surface area (Å²) in [7, 11) is 0. The van der Waals surface area contributed by atoms with Crippen molar-refractivity contribution >= 4 is 23.2 Å². The van der Waals surface area contributed by atoms with Crippen LogP contribution in [0.4, 0.5) is 0 Å². The lowest BCUT2D eigenvalue weighted by Crippen LogP contribution is -2.44. The zero-order chi connectivity index (χ0) is 17.4. The average molecular weight is 347 g/mol. The fraction of sp³-hybridized carbons (Fsp3) is 0.353. The summed E-state index contributed by atoms with van der Waals surface area (Å²) in [5.74, 6) is -0.451.